The van der Waals surface area contributed by atoms with Crippen molar-refractivity contribution in [2.45, 2.75) is 40.0 Å². The quantitative estimate of drug-likeness (QED) is 0.552. The summed E-state index contributed by atoms with van der Waals surface area (Å²) in [5.41, 5.74) is 4.19. The minimum atomic E-state index is 0.617. The first-order valence-corrected chi connectivity index (χ1v) is 7.18. The zero-order valence-corrected chi connectivity index (χ0v) is 12.5. The predicted octanol–water partition coefficient (Wildman–Crippen LogP) is 5.64. The largest absolute Gasteiger partial charge is 0.0991 e. The van der Waals surface area contributed by atoms with E-state index in [1.165, 1.54) is 36.0 Å². The molecule has 0 spiro atoms. The van der Waals surface area contributed by atoms with Crippen LogP contribution in [0, 0.1) is 12.8 Å². The highest BCUT2D eigenvalue weighted by Gasteiger charge is 2.05. The van der Waals surface area contributed by atoms with Gasteiger partial charge in [-0.15, -0.1) is 0 Å². The normalized spacial score (nSPS) is 13.7. The van der Waals surface area contributed by atoms with E-state index in [1.807, 2.05) is 12.2 Å². The van der Waals surface area contributed by atoms with Crippen molar-refractivity contribution in [1.82, 2.24) is 0 Å². The molecule has 0 heteroatoms. The first-order chi connectivity index (χ1) is 9.17. The summed E-state index contributed by atoms with van der Waals surface area (Å²) >= 11 is 0. The Morgan fingerprint density at radius 2 is 1.95 bits per heavy atom. The predicted molar refractivity (Wildman–Crippen MR) is 86.4 cm³/mol. The van der Waals surface area contributed by atoms with E-state index in [0.29, 0.717) is 5.92 Å². The fraction of sp³-hybridized carbons (Fsp3) is 0.368. The van der Waals surface area contributed by atoms with Crippen LogP contribution >= 0.6 is 0 Å². The van der Waals surface area contributed by atoms with Crippen molar-refractivity contribution in [1.29, 1.82) is 0 Å². The summed E-state index contributed by atoms with van der Waals surface area (Å²) in [6.45, 7) is 10.3. The Morgan fingerprint density at radius 1 is 1.26 bits per heavy atom. The summed E-state index contributed by atoms with van der Waals surface area (Å²) in [7, 11) is 0. The number of rotatable bonds is 7. The fourth-order valence-electron chi connectivity index (χ4n) is 2.26. The lowest BCUT2D eigenvalue weighted by Crippen LogP contribution is -1.98. The van der Waals surface area contributed by atoms with Crippen molar-refractivity contribution < 1.29 is 0 Å². The number of benzene rings is 1. The highest BCUT2D eigenvalue weighted by atomic mass is 14.1. The van der Waals surface area contributed by atoms with Crippen molar-refractivity contribution in [2.24, 2.45) is 5.92 Å². The molecule has 1 unspecified atom stereocenters. The Labute approximate surface area is 118 Å². The molecule has 1 aromatic carbocycles. The molecule has 0 aliphatic carbocycles. The minimum Gasteiger partial charge on any atom is -0.0991 e. The molecule has 0 radical (unpaired) electrons. The first-order valence-electron chi connectivity index (χ1n) is 7.18. The maximum atomic E-state index is 3.72. The number of hydrogen-bond donors (Lipinski definition) is 0. The number of allylic oxidation sites excluding steroid dienone is 5. The second kappa shape index (κ2) is 8.53. The third-order valence-corrected chi connectivity index (χ3v) is 3.55. The van der Waals surface area contributed by atoms with Crippen LogP contribution in [0.3, 0.4) is 0 Å². The van der Waals surface area contributed by atoms with Gasteiger partial charge in [0.15, 0.2) is 0 Å². The van der Waals surface area contributed by atoms with Gasteiger partial charge in [-0.3, -0.25) is 0 Å². The van der Waals surface area contributed by atoms with Crippen LogP contribution in [0.25, 0.3) is 0 Å². The summed E-state index contributed by atoms with van der Waals surface area (Å²) in [5.74, 6) is 0.617. The molecule has 0 aromatic heterocycles. The van der Waals surface area contributed by atoms with Crippen molar-refractivity contribution in [2.75, 3.05) is 0 Å². The van der Waals surface area contributed by atoms with Gasteiger partial charge < -0.3 is 0 Å². The van der Waals surface area contributed by atoms with Crippen LogP contribution in [0.1, 0.15) is 37.8 Å². The molecular formula is C19H26. The smallest absolute Gasteiger partial charge is 0.0194 e. The maximum absolute atomic E-state index is 3.72. The zero-order chi connectivity index (χ0) is 14.1. The monoisotopic (exact) mass is 254 g/mol. The van der Waals surface area contributed by atoms with Crippen molar-refractivity contribution in [3.8, 4) is 0 Å². The SMILES string of the molecule is C=C/C=C\C(=C/C)C(C)CCCc1ccc(C)cc1. The lowest BCUT2D eigenvalue weighted by atomic mass is 9.93. The Morgan fingerprint density at radius 3 is 2.53 bits per heavy atom. The zero-order valence-electron chi connectivity index (χ0n) is 12.5. The molecule has 102 valence electrons. The molecule has 0 saturated heterocycles. The highest BCUT2D eigenvalue weighted by molar-refractivity contribution is 5.24. The molecule has 1 atom stereocenters. The van der Waals surface area contributed by atoms with E-state index in [9.17, 15) is 0 Å². The van der Waals surface area contributed by atoms with Crippen LogP contribution in [0.4, 0.5) is 0 Å². The van der Waals surface area contributed by atoms with E-state index >= 15 is 0 Å². The summed E-state index contributed by atoms with van der Waals surface area (Å²) < 4.78 is 0. The topological polar surface area (TPSA) is 0 Å². The molecule has 0 aliphatic rings. The van der Waals surface area contributed by atoms with Crippen molar-refractivity contribution >= 4 is 0 Å². The third-order valence-electron chi connectivity index (χ3n) is 3.55. The van der Waals surface area contributed by atoms with Crippen molar-refractivity contribution in [3.05, 3.63) is 71.8 Å². The van der Waals surface area contributed by atoms with Crippen molar-refractivity contribution in [3.63, 3.8) is 0 Å². The molecule has 1 rings (SSSR count). The molecule has 0 bridgehead atoms. The lowest BCUT2D eigenvalue weighted by molar-refractivity contribution is 0.587. The van der Waals surface area contributed by atoms with Gasteiger partial charge in [0.2, 0.25) is 0 Å². The summed E-state index contributed by atoms with van der Waals surface area (Å²) in [6, 6.07) is 8.88. The molecule has 0 amide bonds. The molecule has 19 heavy (non-hydrogen) atoms. The summed E-state index contributed by atoms with van der Waals surface area (Å²) in [6.07, 6.45) is 11.9. The van der Waals surface area contributed by atoms with Crippen LogP contribution in [-0.4, -0.2) is 0 Å². The molecule has 0 heterocycles. The fourth-order valence-corrected chi connectivity index (χ4v) is 2.26. The Bertz CT molecular complexity index is 432. The molecule has 0 N–H and O–H groups in total. The summed E-state index contributed by atoms with van der Waals surface area (Å²) in [4.78, 5) is 0. The van der Waals surface area contributed by atoms with Gasteiger partial charge in [-0.05, 0) is 50.2 Å². The Kier molecular flexibility index (Phi) is 6.95. The molecule has 0 fully saturated rings. The molecule has 1 aromatic rings. The van der Waals surface area contributed by atoms with E-state index in [4.69, 9.17) is 0 Å². The molecule has 0 nitrogen and oxygen atoms in total. The van der Waals surface area contributed by atoms with Gasteiger partial charge in [0, 0.05) is 0 Å². The first kappa shape index (κ1) is 15.5. The number of aryl methyl sites for hydroxylation is 2. The van der Waals surface area contributed by atoms with Crippen LogP contribution < -0.4 is 0 Å². The van der Waals surface area contributed by atoms with Crippen LogP contribution in [0.5, 0.6) is 0 Å². The Balaban J connectivity index is 2.41. The van der Waals surface area contributed by atoms with Gasteiger partial charge in [-0.25, -0.2) is 0 Å². The van der Waals surface area contributed by atoms with E-state index in [1.54, 1.807) is 0 Å². The van der Waals surface area contributed by atoms with E-state index in [0.717, 1.165) is 0 Å². The van der Waals surface area contributed by atoms with Gasteiger partial charge in [0.25, 0.3) is 0 Å². The molecule has 0 saturated carbocycles. The summed E-state index contributed by atoms with van der Waals surface area (Å²) in [5, 5.41) is 0. The maximum Gasteiger partial charge on any atom is -0.0194 e. The van der Waals surface area contributed by atoms with Gasteiger partial charge in [0.05, 0.1) is 0 Å². The molecule has 0 aliphatic heterocycles. The van der Waals surface area contributed by atoms with Crippen LogP contribution in [-0.2, 0) is 6.42 Å². The highest BCUT2D eigenvalue weighted by Crippen LogP contribution is 2.19. The van der Waals surface area contributed by atoms with Gasteiger partial charge in [0.1, 0.15) is 0 Å². The van der Waals surface area contributed by atoms with Crippen LogP contribution in [0.15, 0.2) is 60.7 Å². The van der Waals surface area contributed by atoms with Gasteiger partial charge in [-0.2, -0.15) is 0 Å². The van der Waals surface area contributed by atoms with Crippen LogP contribution in [0.2, 0.25) is 0 Å². The average molecular weight is 254 g/mol. The average Bonchev–Trinajstić information content (AvgIpc) is 2.42. The van der Waals surface area contributed by atoms with E-state index < -0.39 is 0 Å². The standard InChI is InChI=1S/C19H26/c1-5-7-11-19(6-2)17(4)9-8-10-18-14-12-16(3)13-15-18/h5-7,11-15,17H,1,8-10H2,2-4H3/b11-7-,19-6+. The number of hydrogen-bond acceptors (Lipinski definition) is 0. The second-order valence-electron chi connectivity index (χ2n) is 5.16. The second-order valence-corrected chi connectivity index (χ2v) is 5.16. The van der Waals surface area contributed by atoms with Gasteiger partial charge >= 0.3 is 0 Å². The third kappa shape index (κ3) is 5.74. The Hall–Kier alpha value is -1.56. The van der Waals surface area contributed by atoms with E-state index in [2.05, 4.69) is 63.8 Å². The van der Waals surface area contributed by atoms with Gasteiger partial charge in [-0.1, -0.05) is 67.6 Å². The lowest BCUT2D eigenvalue weighted by Gasteiger charge is -2.12. The minimum absolute atomic E-state index is 0.617. The molecular weight excluding hydrogens is 228 g/mol. The van der Waals surface area contributed by atoms with E-state index in [-0.39, 0.29) is 0 Å².